The van der Waals surface area contributed by atoms with Gasteiger partial charge in [0.05, 0.1) is 0 Å². The third-order valence-corrected chi connectivity index (χ3v) is 1.83. The van der Waals surface area contributed by atoms with E-state index in [4.69, 9.17) is 5.11 Å². The van der Waals surface area contributed by atoms with Gasteiger partial charge >= 0.3 is 5.97 Å². The van der Waals surface area contributed by atoms with Crippen LogP contribution in [-0.2, 0) is 14.4 Å². The average molecular weight is 213 g/mol. The molecule has 0 saturated carbocycles. The number of unbranched alkanes of at least 4 members (excludes halogenated alkanes) is 1. The molecule has 0 spiro atoms. The van der Waals surface area contributed by atoms with E-state index in [1.807, 2.05) is 0 Å². The number of rotatable bonds is 7. The molecule has 1 amide bonds. The molecule has 0 saturated heterocycles. The maximum atomic E-state index is 11.2. The Labute approximate surface area is 88.4 Å². The van der Waals surface area contributed by atoms with Crippen molar-refractivity contribution in [1.82, 2.24) is 4.90 Å². The number of carbonyl (C=O) groups excluding carboxylic acids is 2. The zero-order valence-corrected chi connectivity index (χ0v) is 8.68. The van der Waals surface area contributed by atoms with Crippen molar-refractivity contribution in [1.29, 1.82) is 0 Å². The fraction of sp³-hybridized carbons (Fsp3) is 0.500. The maximum absolute atomic E-state index is 11.2. The summed E-state index contributed by atoms with van der Waals surface area (Å²) in [6.07, 6.45) is 4.16. The van der Waals surface area contributed by atoms with E-state index < -0.39 is 5.97 Å². The van der Waals surface area contributed by atoms with Crippen LogP contribution in [0.2, 0.25) is 0 Å². The summed E-state index contributed by atoms with van der Waals surface area (Å²) in [6, 6.07) is 0. The number of likely N-dealkylation sites (N-methyl/N-ethyl adjacent to an activating group) is 1. The highest BCUT2D eigenvalue weighted by Gasteiger charge is 2.04. The van der Waals surface area contributed by atoms with E-state index in [0.29, 0.717) is 25.7 Å². The summed E-state index contributed by atoms with van der Waals surface area (Å²) in [5, 5.41) is 8.37. The maximum Gasteiger partial charge on any atom is 0.303 e. The van der Waals surface area contributed by atoms with Gasteiger partial charge in [-0.25, -0.2) is 0 Å². The molecule has 0 radical (unpaired) electrons. The molecule has 0 aromatic carbocycles. The van der Waals surface area contributed by atoms with Gasteiger partial charge in [0.25, 0.3) is 0 Å². The lowest BCUT2D eigenvalue weighted by atomic mass is 10.2. The van der Waals surface area contributed by atoms with Gasteiger partial charge in [0.2, 0.25) is 5.91 Å². The van der Waals surface area contributed by atoms with Gasteiger partial charge in [0.15, 0.2) is 0 Å². The van der Waals surface area contributed by atoms with Crippen LogP contribution >= 0.6 is 0 Å². The zero-order valence-electron chi connectivity index (χ0n) is 8.68. The van der Waals surface area contributed by atoms with Crippen molar-refractivity contribution >= 4 is 18.2 Å². The van der Waals surface area contributed by atoms with Crippen LogP contribution in [0.1, 0.15) is 19.3 Å². The molecular weight excluding hydrogens is 198 g/mol. The van der Waals surface area contributed by atoms with E-state index in [1.54, 1.807) is 7.05 Å². The van der Waals surface area contributed by atoms with E-state index >= 15 is 0 Å². The van der Waals surface area contributed by atoms with Gasteiger partial charge in [-0.2, -0.15) is 0 Å². The predicted octanol–water partition coefficient (Wildman–Crippen LogP) is 0.455. The summed E-state index contributed by atoms with van der Waals surface area (Å²) in [4.78, 5) is 32.8. The van der Waals surface area contributed by atoms with Gasteiger partial charge in [-0.1, -0.05) is 0 Å². The lowest BCUT2D eigenvalue weighted by Crippen LogP contribution is -2.25. The molecule has 15 heavy (non-hydrogen) atoms. The summed E-state index contributed by atoms with van der Waals surface area (Å²) in [6.45, 7) is 0.495. The number of aldehydes is 1. The second kappa shape index (κ2) is 7.73. The molecule has 0 aliphatic rings. The van der Waals surface area contributed by atoms with Crippen molar-refractivity contribution < 1.29 is 19.5 Å². The van der Waals surface area contributed by atoms with Crippen LogP contribution in [0.4, 0.5) is 0 Å². The summed E-state index contributed by atoms with van der Waals surface area (Å²) >= 11 is 0. The van der Waals surface area contributed by atoms with Crippen LogP contribution in [0.25, 0.3) is 0 Å². The van der Waals surface area contributed by atoms with Crippen molar-refractivity contribution in [3.63, 3.8) is 0 Å². The van der Waals surface area contributed by atoms with E-state index in [-0.39, 0.29) is 12.3 Å². The number of carboxylic acid groups (broad SMARTS) is 1. The molecule has 1 N–H and O–H groups in total. The third-order valence-electron chi connectivity index (χ3n) is 1.83. The molecule has 0 aromatic rings. The Bertz CT molecular complexity index is 260. The summed E-state index contributed by atoms with van der Waals surface area (Å²) in [7, 11) is 1.61. The van der Waals surface area contributed by atoms with Crippen LogP contribution in [0.15, 0.2) is 12.2 Å². The molecule has 0 fully saturated rings. The molecule has 0 aliphatic heterocycles. The molecule has 5 heteroatoms. The second-order valence-electron chi connectivity index (χ2n) is 3.11. The minimum Gasteiger partial charge on any atom is -0.481 e. The highest BCUT2D eigenvalue weighted by Crippen LogP contribution is 1.98. The number of carbonyl (C=O) groups is 3. The smallest absolute Gasteiger partial charge is 0.303 e. The summed E-state index contributed by atoms with van der Waals surface area (Å²) in [5.74, 6) is -1.08. The lowest BCUT2D eigenvalue weighted by molar-refractivity contribution is -0.137. The Kier molecular flexibility index (Phi) is 6.88. The van der Waals surface area contributed by atoms with Crippen LogP contribution in [0.5, 0.6) is 0 Å². The van der Waals surface area contributed by atoms with Crippen molar-refractivity contribution in [3.05, 3.63) is 12.2 Å². The minimum absolute atomic E-state index is 0.117. The highest BCUT2D eigenvalue weighted by atomic mass is 16.4. The van der Waals surface area contributed by atoms with E-state index in [2.05, 4.69) is 0 Å². The zero-order chi connectivity index (χ0) is 11.7. The first kappa shape index (κ1) is 13.4. The Morgan fingerprint density at radius 1 is 1.33 bits per heavy atom. The molecule has 0 bridgehead atoms. The largest absolute Gasteiger partial charge is 0.481 e. The third kappa shape index (κ3) is 7.42. The number of aliphatic carboxylic acids is 1. The number of allylic oxidation sites excluding steroid dienone is 1. The van der Waals surface area contributed by atoms with Crippen molar-refractivity contribution in [2.45, 2.75) is 19.3 Å². The molecule has 0 atom stereocenters. The molecular formula is C10H15NO4. The molecule has 0 aromatic heterocycles. The molecule has 0 aliphatic carbocycles. The van der Waals surface area contributed by atoms with E-state index in [0.717, 1.165) is 6.08 Å². The van der Waals surface area contributed by atoms with Crippen molar-refractivity contribution in [2.75, 3.05) is 13.6 Å². The first-order chi connectivity index (χ1) is 7.07. The molecule has 5 nitrogen and oxygen atoms in total. The number of amides is 1. The molecule has 0 rings (SSSR count). The lowest BCUT2D eigenvalue weighted by Gasteiger charge is -2.14. The van der Waals surface area contributed by atoms with E-state index in [9.17, 15) is 14.4 Å². The van der Waals surface area contributed by atoms with Gasteiger partial charge in [-0.15, -0.1) is 0 Å². The summed E-state index contributed by atoms with van der Waals surface area (Å²) < 4.78 is 0. The Balaban J connectivity index is 3.68. The Morgan fingerprint density at radius 3 is 2.53 bits per heavy atom. The fourth-order valence-electron chi connectivity index (χ4n) is 0.984. The number of nitrogens with zero attached hydrogens (tertiary/aromatic N) is 1. The quantitative estimate of drug-likeness (QED) is 0.378. The van der Waals surface area contributed by atoms with Crippen LogP contribution in [0, 0.1) is 0 Å². The highest BCUT2D eigenvalue weighted by molar-refractivity contribution is 5.90. The minimum atomic E-state index is -0.829. The van der Waals surface area contributed by atoms with Gasteiger partial charge in [0.1, 0.15) is 6.29 Å². The fourth-order valence-corrected chi connectivity index (χ4v) is 0.984. The Morgan fingerprint density at radius 2 is 2.00 bits per heavy atom. The first-order valence-corrected chi connectivity index (χ1v) is 4.66. The molecule has 0 heterocycles. The first-order valence-electron chi connectivity index (χ1n) is 4.66. The van der Waals surface area contributed by atoms with Crippen LogP contribution in [0.3, 0.4) is 0 Å². The van der Waals surface area contributed by atoms with Gasteiger partial charge in [-0.3, -0.25) is 14.4 Å². The normalized spacial score (nSPS) is 10.2. The predicted molar refractivity (Wildman–Crippen MR) is 54.3 cm³/mol. The average Bonchev–Trinajstić information content (AvgIpc) is 2.20. The van der Waals surface area contributed by atoms with Crippen LogP contribution < -0.4 is 0 Å². The van der Waals surface area contributed by atoms with Gasteiger partial charge < -0.3 is 10.0 Å². The van der Waals surface area contributed by atoms with E-state index in [1.165, 1.54) is 11.0 Å². The molecule has 84 valence electrons. The van der Waals surface area contributed by atoms with Crippen LogP contribution in [-0.4, -0.2) is 41.8 Å². The standard InChI is InChI=1S/C10H15NO4/c1-11(9(13)5-4-8-12)7-3-2-6-10(14)15/h4-5,8H,2-3,6-7H2,1H3,(H,14,15)/b5-4-. The SMILES string of the molecule is CN(CCCCC(=O)O)C(=O)/C=C\C=O. The molecule has 0 unspecified atom stereocenters. The monoisotopic (exact) mass is 213 g/mol. The number of hydrogen-bond donors (Lipinski definition) is 1. The van der Waals surface area contributed by atoms with Crippen molar-refractivity contribution in [2.24, 2.45) is 0 Å². The number of hydrogen-bond acceptors (Lipinski definition) is 3. The van der Waals surface area contributed by atoms with Gasteiger partial charge in [-0.05, 0) is 18.9 Å². The summed E-state index contributed by atoms with van der Waals surface area (Å²) in [5.41, 5.74) is 0. The second-order valence-corrected chi connectivity index (χ2v) is 3.11. The number of carboxylic acids is 1. The Hall–Kier alpha value is -1.65. The van der Waals surface area contributed by atoms with Gasteiger partial charge in [0, 0.05) is 26.1 Å². The topological polar surface area (TPSA) is 74.7 Å². The van der Waals surface area contributed by atoms with Crippen molar-refractivity contribution in [3.8, 4) is 0 Å².